The predicted octanol–water partition coefficient (Wildman–Crippen LogP) is 1.75. The number of nitrogens with one attached hydrogen (secondary N) is 1. The second-order valence-electron chi connectivity index (χ2n) is 4.09. The van der Waals surface area contributed by atoms with E-state index in [1.54, 1.807) is 6.92 Å². The molecule has 1 rings (SSSR count). The SMILES string of the molecule is CC(O)CC(C)NS(=O)(=O)c1cc([N+](=O)[O-])c(Cl)s1. The van der Waals surface area contributed by atoms with Crippen molar-refractivity contribution in [3.05, 3.63) is 20.5 Å². The van der Waals surface area contributed by atoms with E-state index in [9.17, 15) is 18.5 Å². The highest BCUT2D eigenvalue weighted by molar-refractivity contribution is 7.91. The quantitative estimate of drug-likeness (QED) is 0.610. The topological polar surface area (TPSA) is 110 Å². The van der Waals surface area contributed by atoms with Gasteiger partial charge in [0.15, 0.2) is 4.34 Å². The lowest BCUT2D eigenvalue weighted by atomic mass is 10.2. The third kappa shape index (κ3) is 4.39. The monoisotopic (exact) mass is 328 g/mol. The smallest absolute Gasteiger partial charge is 0.300 e. The van der Waals surface area contributed by atoms with E-state index in [1.165, 1.54) is 6.92 Å². The number of halogens is 1. The maximum atomic E-state index is 11.9. The first kappa shape index (κ1) is 16.3. The number of aliphatic hydroxyl groups excluding tert-OH is 1. The molecule has 2 N–H and O–H groups in total. The molecule has 0 aromatic carbocycles. The molecule has 108 valence electrons. The first-order valence-corrected chi connectivity index (χ1v) is 7.95. The molecule has 10 heteroatoms. The summed E-state index contributed by atoms with van der Waals surface area (Å²) in [6.07, 6.45) is -0.417. The number of nitrogens with zero attached hydrogens (tertiary/aromatic N) is 1. The zero-order valence-electron chi connectivity index (χ0n) is 10.2. The summed E-state index contributed by atoms with van der Waals surface area (Å²) in [5.74, 6) is 0. The van der Waals surface area contributed by atoms with Crippen LogP contribution in [-0.4, -0.2) is 30.6 Å². The summed E-state index contributed by atoms with van der Waals surface area (Å²) in [5.41, 5.74) is -0.435. The summed E-state index contributed by atoms with van der Waals surface area (Å²) in [6.45, 7) is 3.13. The van der Waals surface area contributed by atoms with Crippen LogP contribution < -0.4 is 4.72 Å². The Morgan fingerprint density at radius 2 is 2.16 bits per heavy atom. The Hall–Kier alpha value is -0.740. The number of hydrogen-bond acceptors (Lipinski definition) is 6. The van der Waals surface area contributed by atoms with E-state index >= 15 is 0 Å². The molecule has 1 aromatic heterocycles. The lowest BCUT2D eigenvalue weighted by Crippen LogP contribution is -2.34. The molecule has 0 aliphatic rings. The molecule has 0 amide bonds. The van der Waals surface area contributed by atoms with E-state index < -0.39 is 32.8 Å². The van der Waals surface area contributed by atoms with Crippen molar-refractivity contribution in [1.82, 2.24) is 4.72 Å². The van der Waals surface area contributed by atoms with Crippen LogP contribution in [0.25, 0.3) is 0 Å². The average molecular weight is 329 g/mol. The molecule has 0 saturated carbocycles. The van der Waals surface area contributed by atoms with Crippen LogP contribution in [0.5, 0.6) is 0 Å². The van der Waals surface area contributed by atoms with E-state index in [2.05, 4.69) is 4.72 Å². The third-order valence-corrected chi connectivity index (χ3v) is 5.56. The van der Waals surface area contributed by atoms with Gasteiger partial charge in [-0.3, -0.25) is 10.1 Å². The molecule has 0 aliphatic carbocycles. The fourth-order valence-electron chi connectivity index (χ4n) is 1.48. The Labute approximate surface area is 119 Å². The summed E-state index contributed by atoms with van der Waals surface area (Å²) < 4.78 is 25.8. The Morgan fingerprint density at radius 3 is 2.58 bits per heavy atom. The molecule has 0 saturated heterocycles. The third-order valence-electron chi connectivity index (χ3n) is 2.16. The van der Waals surface area contributed by atoms with Crippen molar-refractivity contribution in [2.75, 3.05) is 0 Å². The Kier molecular flexibility index (Phi) is 5.27. The van der Waals surface area contributed by atoms with Gasteiger partial charge in [0.05, 0.1) is 11.0 Å². The van der Waals surface area contributed by atoms with Gasteiger partial charge in [-0.25, -0.2) is 13.1 Å². The van der Waals surface area contributed by atoms with Gasteiger partial charge in [0.25, 0.3) is 15.7 Å². The molecule has 0 fully saturated rings. The first-order valence-electron chi connectivity index (χ1n) is 5.27. The molecule has 7 nitrogen and oxygen atoms in total. The number of nitro groups is 1. The highest BCUT2D eigenvalue weighted by Crippen LogP contribution is 2.36. The van der Waals surface area contributed by atoms with Crippen LogP contribution in [0.2, 0.25) is 4.34 Å². The van der Waals surface area contributed by atoms with E-state index in [4.69, 9.17) is 16.7 Å². The second kappa shape index (κ2) is 6.14. The maximum absolute atomic E-state index is 11.9. The summed E-state index contributed by atoms with van der Waals surface area (Å²) in [4.78, 5) is 9.87. The van der Waals surface area contributed by atoms with Crippen LogP contribution in [0.4, 0.5) is 5.69 Å². The van der Waals surface area contributed by atoms with Gasteiger partial charge >= 0.3 is 0 Å². The highest BCUT2D eigenvalue weighted by atomic mass is 35.5. The van der Waals surface area contributed by atoms with Crippen LogP contribution in [0.3, 0.4) is 0 Å². The number of aliphatic hydroxyl groups is 1. The summed E-state index contributed by atoms with van der Waals surface area (Å²) >= 11 is 6.23. The van der Waals surface area contributed by atoms with Crippen LogP contribution in [0.1, 0.15) is 20.3 Å². The van der Waals surface area contributed by atoms with Crippen molar-refractivity contribution in [3.8, 4) is 0 Å². The van der Waals surface area contributed by atoms with Crippen molar-refractivity contribution in [2.24, 2.45) is 0 Å². The van der Waals surface area contributed by atoms with Crippen molar-refractivity contribution >= 4 is 38.6 Å². The zero-order valence-corrected chi connectivity index (χ0v) is 12.5. The van der Waals surface area contributed by atoms with Gasteiger partial charge in [0.2, 0.25) is 0 Å². The molecule has 1 aromatic rings. The lowest BCUT2D eigenvalue weighted by molar-refractivity contribution is -0.384. The molecule has 0 aliphatic heterocycles. The molecule has 0 spiro atoms. The fourth-order valence-corrected chi connectivity index (χ4v) is 4.42. The van der Waals surface area contributed by atoms with Gasteiger partial charge in [-0.1, -0.05) is 11.6 Å². The van der Waals surface area contributed by atoms with Crippen LogP contribution in [0.15, 0.2) is 10.3 Å². The Bertz CT molecular complexity index is 569. The number of thiophene rings is 1. The van der Waals surface area contributed by atoms with Gasteiger partial charge < -0.3 is 5.11 Å². The molecule has 1 heterocycles. The summed E-state index contributed by atoms with van der Waals surface area (Å²) in [5, 5.41) is 19.8. The van der Waals surface area contributed by atoms with Crippen molar-refractivity contribution in [2.45, 2.75) is 36.6 Å². The zero-order chi connectivity index (χ0) is 14.8. The van der Waals surface area contributed by atoms with E-state index in [0.717, 1.165) is 6.07 Å². The van der Waals surface area contributed by atoms with E-state index in [1.807, 2.05) is 0 Å². The number of hydrogen-bond donors (Lipinski definition) is 2. The predicted molar refractivity (Wildman–Crippen MR) is 72.1 cm³/mol. The van der Waals surface area contributed by atoms with Crippen molar-refractivity contribution in [1.29, 1.82) is 0 Å². The van der Waals surface area contributed by atoms with Gasteiger partial charge in [-0.05, 0) is 20.3 Å². The average Bonchev–Trinajstić information content (AvgIpc) is 2.58. The van der Waals surface area contributed by atoms with Gasteiger partial charge in [0.1, 0.15) is 4.21 Å². The molecule has 0 bridgehead atoms. The molecule has 2 unspecified atom stereocenters. The molecular weight excluding hydrogens is 316 g/mol. The highest BCUT2D eigenvalue weighted by Gasteiger charge is 2.26. The number of rotatable bonds is 6. The van der Waals surface area contributed by atoms with E-state index in [-0.39, 0.29) is 15.0 Å². The van der Waals surface area contributed by atoms with Crippen molar-refractivity contribution < 1.29 is 18.4 Å². The van der Waals surface area contributed by atoms with Crippen LogP contribution >= 0.6 is 22.9 Å². The Balaban J connectivity index is 2.95. The largest absolute Gasteiger partial charge is 0.393 e. The standard InChI is InChI=1S/C9H13ClN2O5S2/c1-5(3-6(2)13)11-19(16,17)8-4-7(12(14)15)9(10)18-8/h4-6,11,13H,3H2,1-2H3. The number of sulfonamides is 1. The van der Waals surface area contributed by atoms with Gasteiger partial charge in [-0.15, -0.1) is 11.3 Å². The normalized spacial score (nSPS) is 15.2. The minimum Gasteiger partial charge on any atom is -0.393 e. The second-order valence-corrected chi connectivity index (χ2v) is 7.68. The van der Waals surface area contributed by atoms with Gasteiger partial charge in [0, 0.05) is 12.1 Å². The minimum absolute atomic E-state index is 0.187. The minimum atomic E-state index is -3.87. The summed E-state index contributed by atoms with van der Waals surface area (Å²) in [6, 6.07) is 0.426. The van der Waals surface area contributed by atoms with Crippen molar-refractivity contribution in [3.63, 3.8) is 0 Å². The molecular formula is C9H13ClN2O5S2. The van der Waals surface area contributed by atoms with Crippen LogP contribution in [0, 0.1) is 10.1 Å². The molecule has 2 atom stereocenters. The molecule has 0 radical (unpaired) electrons. The van der Waals surface area contributed by atoms with Gasteiger partial charge in [-0.2, -0.15) is 0 Å². The van der Waals surface area contributed by atoms with E-state index in [0.29, 0.717) is 11.3 Å². The summed E-state index contributed by atoms with van der Waals surface area (Å²) in [7, 11) is -3.87. The fraction of sp³-hybridized carbons (Fsp3) is 0.556. The molecule has 19 heavy (non-hydrogen) atoms. The Morgan fingerprint density at radius 1 is 1.58 bits per heavy atom. The lowest BCUT2D eigenvalue weighted by Gasteiger charge is -2.14. The van der Waals surface area contributed by atoms with Crippen LogP contribution in [-0.2, 0) is 10.0 Å². The first-order chi connectivity index (χ1) is 8.63. The maximum Gasteiger partial charge on any atom is 0.300 e.